The normalized spacial score (nSPS) is 28.8. The van der Waals surface area contributed by atoms with Gasteiger partial charge in [-0.15, -0.1) is 11.8 Å². The summed E-state index contributed by atoms with van der Waals surface area (Å²) in [6.45, 7) is 2.61. The molecule has 108 valence electrons. The maximum Gasteiger partial charge on any atom is 0.243 e. The van der Waals surface area contributed by atoms with Crippen LogP contribution in [0.2, 0.25) is 0 Å². The summed E-state index contributed by atoms with van der Waals surface area (Å²) < 4.78 is 0. The lowest BCUT2D eigenvalue weighted by Crippen LogP contribution is -2.50. The van der Waals surface area contributed by atoms with Crippen LogP contribution in [0.4, 0.5) is 0 Å². The molecule has 3 rings (SSSR count). The van der Waals surface area contributed by atoms with Gasteiger partial charge in [0, 0.05) is 37.0 Å². The predicted molar refractivity (Wildman–Crippen MR) is 76.0 cm³/mol. The summed E-state index contributed by atoms with van der Waals surface area (Å²) in [5.41, 5.74) is 0.994. The standard InChI is InChI=1S/C13H18N4O2S/c1-13-4-2-11(18)17(13)10(7-20-13)12(19)15-5-3-9-6-14-8-16-9/h6,8,10H,2-5,7H2,1H3,(H,14,16)(H,15,19). The summed E-state index contributed by atoms with van der Waals surface area (Å²) in [5.74, 6) is 0.750. The number of rotatable bonds is 4. The highest BCUT2D eigenvalue weighted by Gasteiger charge is 2.52. The molecule has 0 spiro atoms. The molecule has 0 bridgehead atoms. The van der Waals surface area contributed by atoms with E-state index in [1.54, 1.807) is 29.2 Å². The second-order valence-corrected chi connectivity index (χ2v) is 6.88. The zero-order valence-electron chi connectivity index (χ0n) is 11.4. The fourth-order valence-electron chi connectivity index (χ4n) is 2.87. The number of aromatic amines is 1. The number of fused-ring (bicyclic) bond motifs is 1. The molecule has 2 N–H and O–H groups in total. The number of hydrogen-bond acceptors (Lipinski definition) is 4. The third-order valence-corrected chi connectivity index (χ3v) is 5.50. The molecule has 0 radical (unpaired) electrons. The molecule has 2 saturated heterocycles. The van der Waals surface area contributed by atoms with Crippen LogP contribution in [0.25, 0.3) is 0 Å². The van der Waals surface area contributed by atoms with Gasteiger partial charge in [0.05, 0.1) is 11.2 Å². The Morgan fingerprint density at radius 2 is 2.55 bits per heavy atom. The van der Waals surface area contributed by atoms with Crippen molar-refractivity contribution in [3.8, 4) is 0 Å². The van der Waals surface area contributed by atoms with Crippen molar-refractivity contribution in [2.45, 2.75) is 37.1 Å². The number of nitrogens with one attached hydrogen (secondary N) is 2. The van der Waals surface area contributed by atoms with Crippen LogP contribution in [-0.2, 0) is 16.0 Å². The van der Waals surface area contributed by atoms with Gasteiger partial charge in [0.1, 0.15) is 6.04 Å². The number of nitrogens with zero attached hydrogens (tertiary/aromatic N) is 2. The third kappa shape index (κ3) is 2.30. The van der Waals surface area contributed by atoms with Gasteiger partial charge in [-0.2, -0.15) is 0 Å². The van der Waals surface area contributed by atoms with Crippen molar-refractivity contribution < 1.29 is 9.59 Å². The molecule has 2 atom stereocenters. The van der Waals surface area contributed by atoms with Crippen LogP contribution in [0.5, 0.6) is 0 Å². The van der Waals surface area contributed by atoms with Crippen molar-refractivity contribution in [2.75, 3.05) is 12.3 Å². The van der Waals surface area contributed by atoms with E-state index in [-0.39, 0.29) is 22.7 Å². The second-order valence-electron chi connectivity index (χ2n) is 5.38. The topological polar surface area (TPSA) is 78.1 Å². The van der Waals surface area contributed by atoms with E-state index in [1.165, 1.54) is 0 Å². The van der Waals surface area contributed by atoms with Gasteiger partial charge in [-0.25, -0.2) is 4.98 Å². The molecule has 3 heterocycles. The Bertz CT molecular complexity index is 518. The van der Waals surface area contributed by atoms with Crippen molar-refractivity contribution in [3.05, 3.63) is 18.2 Å². The van der Waals surface area contributed by atoms with Gasteiger partial charge >= 0.3 is 0 Å². The van der Waals surface area contributed by atoms with E-state index < -0.39 is 0 Å². The van der Waals surface area contributed by atoms with Crippen LogP contribution in [0.15, 0.2) is 12.5 Å². The highest BCUT2D eigenvalue weighted by molar-refractivity contribution is 8.01. The Balaban J connectivity index is 1.56. The lowest BCUT2D eigenvalue weighted by atomic mass is 10.2. The number of imidazole rings is 1. The van der Waals surface area contributed by atoms with Gasteiger partial charge in [0.25, 0.3) is 0 Å². The molecule has 7 heteroatoms. The summed E-state index contributed by atoms with van der Waals surface area (Å²) in [7, 11) is 0. The zero-order chi connectivity index (χ0) is 14.2. The van der Waals surface area contributed by atoms with E-state index in [0.717, 1.165) is 18.5 Å². The van der Waals surface area contributed by atoms with Crippen molar-refractivity contribution in [2.24, 2.45) is 0 Å². The summed E-state index contributed by atoms with van der Waals surface area (Å²) >= 11 is 1.71. The number of H-pyrrole nitrogens is 1. The summed E-state index contributed by atoms with van der Waals surface area (Å²) in [6, 6.07) is -0.318. The Kier molecular flexibility index (Phi) is 3.45. The molecule has 0 aliphatic carbocycles. The van der Waals surface area contributed by atoms with Gasteiger partial charge in [0.15, 0.2) is 0 Å². The lowest BCUT2D eigenvalue weighted by molar-refractivity contribution is -0.137. The van der Waals surface area contributed by atoms with E-state index in [1.807, 2.05) is 0 Å². The summed E-state index contributed by atoms with van der Waals surface area (Å²) in [6.07, 6.45) is 5.49. The first-order valence-corrected chi connectivity index (χ1v) is 7.80. The van der Waals surface area contributed by atoms with Crippen LogP contribution >= 0.6 is 11.8 Å². The minimum absolute atomic E-state index is 0.0454. The molecule has 0 aromatic carbocycles. The van der Waals surface area contributed by atoms with E-state index >= 15 is 0 Å². The molecule has 20 heavy (non-hydrogen) atoms. The molecule has 6 nitrogen and oxygen atoms in total. The smallest absolute Gasteiger partial charge is 0.243 e. The molecular weight excluding hydrogens is 276 g/mol. The molecule has 1 aromatic rings. The highest BCUT2D eigenvalue weighted by atomic mass is 32.2. The monoisotopic (exact) mass is 294 g/mol. The van der Waals surface area contributed by atoms with Crippen LogP contribution in [-0.4, -0.2) is 49.9 Å². The van der Waals surface area contributed by atoms with Gasteiger partial charge in [-0.1, -0.05) is 0 Å². The summed E-state index contributed by atoms with van der Waals surface area (Å²) in [5, 5.41) is 2.92. The van der Waals surface area contributed by atoms with Crippen LogP contribution in [0.3, 0.4) is 0 Å². The van der Waals surface area contributed by atoms with Gasteiger partial charge in [-0.05, 0) is 13.3 Å². The highest BCUT2D eigenvalue weighted by Crippen LogP contribution is 2.47. The Morgan fingerprint density at radius 3 is 3.30 bits per heavy atom. The molecule has 2 unspecified atom stereocenters. The zero-order valence-corrected chi connectivity index (χ0v) is 12.2. The van der Waals surface area contributed by atoms with E-state index in [0.29, 0.717) is 18.7 Å². The number of carbonyl (C=O) groups excluding carboxylic acids is 2. The molecule has 2 fully saturated rings. The van der Waals surface area contributed by atoms with Crippen molar-refractivity contribution in [3.63, 3.8) is 0 Å². The fourth-order valence-corrected chi connectivity index (χ4v) is 4.31. The SMILES string of the molecule is CC12CCC(=O)N1C(C(=O)NCCc1cnc[nH]1)CS2. The quantitative estimate of drug-likeness (QED) is 0.849. The first kappa shape index (κ1) is 13.5. The van der Waals surface area contributed by atoms with E-state index in [2.05, 4.69) is 22.2 Å². The first-order valence-electron chi connectivity index (χ1n) is 6.81. The number of thioether (sulfide) groups is 1. The average molecular weight is 294 g/mol. The Hall–Kier alpha value is -1.50. The summed E-state index contributed by atoms with van der Waals surface area (Å²) in [4.78, 5) is 32.8. The molecule has 0 saturated carbocycles. The number of aromatic nitrogens is 2. The largest absolute Gasteiger partial charge is 0.354 e. The maximum absolute atomic E-state index is 12.3. The maximum atomic E-state index is 12.3. The Morgan fingerprint density at radius 1 is 1.70 bits per heavy atom. The predicted octanol–water partition coefficient (Wildman–Crippen LogP) is 0.522. The minimum atomic E-state index is -0.318. The van der Waals surface area contributed by atoms with Crippen molar-refractivity contribution in [1.29, 1.82) is 0 Å². The van der Waals surface area contributed by atoms with Crippen molar-refractivity contribution in [1.82, 2.24) is 20.2 Å². The molecular formula is C13H18N4O2S. The van der Waals surface area contributed by atoms with Crippen LogP contribution in [0.1, 0.15) is 25.5 Å². The first-order chi connectivity index (χ1) is 9.60. The van der Waals surface area contributed by atoms with E-state index in [4.69, 9.17) is 0 Å². The Labute approximate surface area is 121 Å². The fraction of sp³-hybridized carbons (Fsp3) is 0.615. The third-order valence-electron chi connectivity index (χ3n) is 4.00. The molecule has 2 aliphatic heterocycles. The average Bonchev–Trinajstić information content (AvgIpc) is 3.09. The van der Waals surface area contributed by atoms with Crippen LogP contribution < -0.4 is 5.32 Å². The van der Waals surface area contributed by atoms with Crippen LogP contribution in [0, 0.1) is 0 Å². The van der Waals surface area contributed by atoms with Crippen molar-refractivity contribution >= 4 is 23.6 Å². The lowest BCUT2D eigenvalue weighted by Gasteiger charge is -2.29. The number of carbonyl (C=O) groups is 2. The van der Waals surface area contributed by atoms with Gasteiger partial charge < -0.3 is 15.2 Å². The number of amides is 2. The molecule has 2 aliphatic rings. The molecule has 2 amide bonds. The molecule has 1 aromatic heterocycles. The van der Waals surface area contributed by atoms with E-state index in [9.17, 15) is 9.59 Å². The minimum Gasteiger partial charge on any atom is -0.354 e. The van der Waals surface area contributed by atoms with Gasteiger partial charge in [-0.3, -0.25) is 9.59 Å². The second kappa shape index (κ2) is 5.12. The number of hydrogen-bond donors (Lipinski definition) is 2. The van der Waals surface area contributed by atoms with Gasteiger partial charge in [0.2, 0.25) is 11.8 Å².